The summed E-state index contributed by atoms with van der Waals surface area (Å²) in [5, 5.41) is 2.91. The molecule has 0 aliphatic rings. The van der Waals surface area contributed by atoms with Crippen LogP contribution in [0.15, 0.2) is 71.1 Å². The minimum atomic E-state index is -1.17. The van der Waals surface area contributed by atoms with Gasteiger partial charge in [-0.25, -0.2) is 0 Å². The molecule has 9 nitrogen and oxygen atoms in total. The fourth-order valence-electron chi connectivity index (χ4n) is 3.76. The molecule has 36 heavy (non-hydrogen) atoms. The number of rotatable bonds is 8. The summed E-state index contributed by atoms with van der Waals surface area (Å²) in [4.78, 5) is 40.6. The molecule has 2 heterocycles. The normalized spacial score (nSPS) is 11.6. The molecular weight excluding hydrogens is 478 g/mol. The lowest BCUT2D eigenvalue weighted by atomic mass is 10.1. The third-order valence-corrected chi connectivity index (χ3v) is 6.35. The molecule has 1 atom stereocenters. The minimum Gasteiger partial charge on any atom is -0.464 e. The Hall–Kier alpha value is -4.44. The van der Waals surface area contributed by atoms with Crippen molar-refractivity contribution >= 4 is 40.6 Å². The first-order valence-electron chi connectivity index (χ1n) is 11.1. The third kappa shape index (κ3) is 5.13. The molecule has 10 heteroatoms. The number of furan rings is 1. The maximum Gasteiger partial charge on any atom is 0.273 e. The summed E-state index contributed by atoms with van der Waals surface area (Å²) in [6.07, 6.45) is 0. The van der Waals surface area contributed by atoms with Crippen molar-refractivity contribution in [3.05, 3.63) is 99.9 Å². The van der Waals surface area contributed by atoms with Crippen LogP contribution in [0, 0.1) is 13.8 Å². The van der Waals surface area contributed by atoms with Crippen molar-refractivity contribution in [2.45, 2.75) is 26.4 Å². The molecule has 0 spiro atoms. The number of carbonyl (C=O) groups excluding carboxylic acids is 3. The first-order valence-corrected chi connectivity index (χ1v) is 11.9. The largest absolute Gasteiger partial charge is 0.464 e. The van der Waals surface area contributed by atoms with Gasteiger partial charge in [-0.3, -0.25) is 19.3 Å². The zero-order valence-corrected chi connectivity index (χ0v) is 20.5. The Labute approximate surface area is 211 Å². The second-order valence-electron chi connectivity index (χ2n) is 8.21. The summed E-state index contributed by atoms with van der Waals surface area (Å²) in [5.74, 6) is -1.07. The molecule has 0 fully saturated rings. The van der Waals surface area contributed by atoms with E-state index < -0.39 is 23.8 Å². The van der Waals surface area contributed by atoms with Gasteiger partial charge in [-0.05, 0) is 60.8 Å². The van der Waals surface area contributed by atoms with E-state index in [0.717, 1.165) is 22.7 Å². The van der Waals surface area contributed by atoms with Crippen molar-refractivity contribution in [2.24, 2.45) is 5.73 Å². The predicted octanol–water partition coefficient (Wildman–Crippen LogP) is 3.74. The number of hydrogen-bond acceptors (Lipinski definition) is 7. The van der Waals surface area contributed by atoms with Crippen molar-refractivity contribution in [3.63, 3.8) is 0 Å². The monoisotopic (exact) mass is 503 g/mol. The molecule has 4 rings (SSSR count). The highest BCUT2D eigenvalue weighted by Gasteiger charge is 2.37. The average molecular weight is 504 g/mol. The summed E-state index contributed by atoms with van der Waals surface area (Å²) in [5.41, 5.74) is 13.3. The molecule has 0 unspecified atom stereocenters. The number of nitrogens with two attached hydrogens (primary N) is 2. The van der Waals surface area contributed by atoms with Gasteiger partial charge < -0.3 is 21.2 Å². The number of aryl methyl sites for hydroxylation is 2. The van der Waals surface area contributed by atoms with Crippen molar-refractivity contribution in [3.8, 4) is 0 Å². The van der Waals surface area contributed by atoms with Crippen molar-refractivity contribution in [1.29, 1.82) is 0 Å². The number of benzene rings is 2. The summed E-state index contributed by atoms with van der Waals surface area (Å²) < 4.78 is 9.80. The number of anilines is 2. The number of carbonyl (C=O) groups is 3. The predicted molar refractivity (Wildman–Crippen MR) is 138 cm³/mol. The Kier molecular flexibility index (Phi) is 7.16. The number of nitrogen functional groups attached to an aromatic ring is 1. The van der Waals surface area contributed by atoms with Gasteiger partial charge in [-0.15, -0.1) is 0 Å². The van der Waals surface area contributed by atoms with Gasteiger partial charge in [0.2, 0.25) is 0 Å². The summed E-state index contributed by atoms with van der Waals surface area (Å²) in [6.45, 7) is 3.88. The zero-order valence-electron chi connectivity index (χ0n) is 19.7. The molecule has 0 aliphatic heterocycles. The number of amides is 3. The standard InChI is InChI=1S/C26H25N5O4S/c1-15-7-6-10-18(13-15)31(26(34)23-20(27)21(24(28)32)30-36-23)22(19-12-11-16(2)35-19)25(33)29-14-17-8-4-3-5-9-17/h3-13,22H,14,27H2,1-2H3,(H2,28,32)(H,29,33)/t22-/m0/s1. The maximum atomic E-state index is 14.0. The van der Waals surface area contributed by atoms with E-state index in [4.69, 9.17) is 15.9 Å². The molecule has 3 amide bonds. The van der Waals surface area contributed by atoms with Gasteiger partial charge >= 0.3 is 0 Å². The number of aromatic nitrogens is 1. The van der Waals surface area contributed by atoms with E-state index in [1.165, 1.54) is 4.90 Å². The molecule has 5 N–H and O–H groups in total. The highest BCUT2D eigenvalue weighted by Crippen LogP contribution is 2.34. The van der Waals surface area contributed by atoms with Gasteiger partial charge in [0, 0.05) is 12.2 Å². The van der Waals surface area contributed by atoms with Crippen LogP contribution in [-0.4, -0.2) is 22.1 Å². The summed E-state index contributed by atoms with van der Waals surface area (Å²) in [7, 11) is 0. The van der Waals surface area contributed by atoms with E-state index >= 15 is 0 Å². The number of nitrogens with one attached hydrogen (secondary N) is 1. The SMILES string of the molecule is Cc1cccc(N(C(=O)c2snc(C(N)=O)c2N)[C@H](C(=O)NCc2ccccc2)c2ccc(C)o2)c1. The van der Waals surface area contributed by atoms with Crippen molar-refractivity contribution in [1.82, 2.24) is 9.69 Å². The number of primary amides is 1. The number of nitrogens with zero attached hydrogens (tertiary/aromatic N) is 2. The topological polar surface area (TPSA) is 145 Å². The van der Waals surface area contributed by atoms with Crippen LogP contribution >= 0.6 is 11.5 Å². The van der Waals surface area contributed by atoms with Crippen LogP contribution in [0.2, 0.25) is 0 Å². The van der Waals surface area contributed by atoms with E-state index in [1.807, 2.05) is 43.3 Å². The van der Waals surface area contributed by atoms with Gasteiger partial charge in [0.1, 0.15) is 16.4 Å². The first-order chi connectivity index (χ1) is 17.3. The minimum absolute atomic E-state index is 0.00514. The first kappa shape index (κ1) is 24.7. The second kappa shape index (κ2) is 10.4. The summed E-state index contributed by atoms with van der Waals surface area (Å²) >= 11 is 0.750. The van der Waals surface area contributed by atoms with E-state index in [0.29, 0.717) is 11.4 Å². The zero-order chi connectivity index (χ0) is 25.8. The van der Waals surface area contributed by atoms with Crippen molar-refractivity contribution in [2.75, 3.05) is 10.6 Å². The quantitative estimate of drug-likeness (QED) is 0.334. The van der Waals surface area contributed by atoms with Crippen LogP contribution < -0.4 is 21.7 Å². The fraction of sp³-hybridized carbons (Fsp3) is 0.154. The lowest BCUT2D eigenvalue weighted by Gasteiger charge is -2.30. The van der Waals surface area contributed by atoms with Crippen LogP contribution in [-0.2, 0) is 11.3 Å². The Balaban J connectivity index is 1.81. The molecule has 0 saturated heterocycles. The van der Waals surface area contributed by atoms with Gasteiger partial charge in [-0.2, -0.15) is 4.37 Å². The Morgan fingerprint density at radius 1 is 1.06 bits per heavy atom. The molecule has 0 saturated carbocycles. The average Bonchev–Trinajstić information content (AvgIpc) is 3.46. The van der Waals surface area contributed by atoms with E-state index in [1.54, 1.807) is 37.3 Å². The maximum absolute atomic E-state index is 14.0. The Morgan fingerprint density at radius 3 is 2.42 bits per heavy atom. The Bertz CT molecular complexity index is 1410. The van der Waals surface area contributed by atoms with Crippen LogP contribution in [0.4, 0.5) is 11.4 Å². The van der Waals surface area contributed by atoms with Gasteiger partial charge in [-0.1, -0.05) is 42.5 Å². The van der Waals surface area contributed by atoms with Crippen LogP contribution in [0.1, 0.15) is 48.8 Å². The lowest BCUT2D eigenvalue weighted by Crippen LogP contribution is -2.43. The smallest absolute Gasteiger partial charge is 0.273 e. The molecule has 4 aromatic rings. The fourth-order valence-corrected chi connectivity index (χ4v) is 4.50. The highest BCUT2D eigenvalue weighted by atomic mass is 32.1. The lowest BCUT2D eigenvalue weighted by molar-refractivity contribution is -0.123. The molecule has 2 aromatic carbocycles. The number of hydrogen-bond donors (Lipinski definition) is 3. The molecule has 0 bridgehead atoms. The van der Waals surface area contributed by atoms with E-state index in [-0.39, 0.29) is 28.6 Å². The second-order valence-corrected chi connectivity index (χ2v) is 8.98. The highest BCUT2D eigenvalue weighted by molar-refractivity contribution is 7.09. The molecular formula is C26H25N5O4S. The molecule has 0 aliphatic carbocycles. The van der Waals surface area contributed by atoms with Crippen LogP contribution in [0.25, 0.3) is 0 Å². The molecule has 0 radical (unpaired) electrons. The van der Waals surface area contributed by atoms with Gasteiger partial charge in [0.25, 0.3) is 17.7 Å². The van der Waals surface area contributed by atoms with Crippen LogP contribution in [0.5, 0.6) is 0 Å². The summed E-state index contributed by atoms with van der Waals surface area (Å²) in [6, 6.07) is 18.8. The van der Waals surface area contributed by atoms with E-state index in [9.17, 15) is 14.4 Å². The van der Waals surface area contributed by atoms with E-state index in [2.05, 4.69) is 9.69 Å². The van der Waals surface area contributed by atoms with Crippen molar-refractivity contribution < 1.29 is 18.8 Å². The third-order valence-electron chi connectivity index (χ3n) is 5.50. The van der Waals surface area contributed by atoms with Crippen LogP contribution in [0.3, 0.4) is 0 Å². The molecule has 184 valence electrons. The Morgan fingerprint density at radius 2 is 1.81 bits per heavy atom. The van der Waals surface area contributed by atoms with Gasteiger partial charge in [0.15, 0.2) is 11.7 Å². The van der Waals surface area contributed by atoms with Gasteiger partial charge in [0.05, 0.1) is 5.69 Å². The molecule has 2 aromatic heterocycles.